The van der Waals surface area contributed by atoms with Crippen molar-refractivity contribution < 1.29 is 19.5 Å². The molecule has 0 unspecified atom stereocenters. The van der Waals surface area contributed by atoms with Crippen LogP contribution in [0.1, 0.15) is 5.56 Å². The second-order valence-electron chi connectivity index (χ2n) is 2.79. The Morgan fingerprint density at radius 2 is 2.00 bits per heavy atom. The Hall–Kier alpha value is -1.98. The Morgan fingerprint density at radius 1 is 1.33 bits per heavy atom. The van der Waals surface area contributed by atoms with Gasteiger partial charge < -0.3 is 19.9 Å². The third-order valence-corrected chi connectivity index (χ3v) is 1.87. The molecule has 0 radical (unpaired) electrons. The molecule has 6 nitrogen and oxygen atoms in total. The lowest BCUT2D eigenvalue weighted by Gasteiger charge is -2.08. The highest BCUT2D eigenvalue weighted by molar-refractivity contribution is 5.42. The van der Waals surface area contributed by atoms with Gasteiger partial charge in [-0.05, 0) is 18.2 Å². The number of nitrogens with zero attached hydrogens (tertiary/aromatic N) is 2. The summed E-state index contributed by atoms with van der Waals surface area (Å²) in [5.41, 5.74) is 0.667. The molecule has 0 atom stereocenters. The maximum Gasteiger partial charge on any atom is 0.209 e. The number of hydrogen-bond donors (Lipinski definition) is 1. The normalized spacial score (nSPS) is 11.2. The Bertz CT molecular complexity index is 365. The first-order valence-corrected chi connectivity index (χ1v) is 4.22. The van der Waals surface area contributed by atoms with Gasteiger partial charge in [0.2, 0.25) is 6.54 Å². The van der Waals surface area contributed by atoms with Crippen LogP contribution in [0.4, 0.5) is 0 Å². The average molecular weight is 212 g/mol. The van der Waals surface area contributed by atoms with Crippen molar-refractivity contribution in [2.45, 2.75) is 6.54 Å². The number of methoxy groups -OCH3 is 2. The lowest BCUT2D eigenvalue weighted by Crippen LogP contribution is -2.01. The number of hydrogen-bond acceptors (Lipinski definition) is 4. The first kappa shape index (κ1) is 11.1. The van der Waals surface area contributed by atoms with Crippen LogP contribution in [0.5, 0.6) is 11.5 Å². The van der Waals surface area contributed by atoms with Gasteiger partial charge in [-0.2, -0.15) is 0 Å². The fraction of sp³-hybridized carbons (Fsp3) is 0.333. The molecular weight excluding hydrogens is 200 g/mol. The molecule has 0 amide bonds. The molecule has 1 aromatic rings. The molecule has 0 saturated carbocycles. The molecular formula is C9H12N2O4. The minimum atomic E-state index is -0.0448. The zero-order valence-corrected chi connectivity index (χ0v) is 8.51. The predicted molar refractivity (Wildman–Crippen MR) is 51.1 cm³/mol. The van der Waals surface area contributed by atoms with E-state index in [1.807, 2.05) is 0 Å². The number of hydroxylamine groups is 1. The molecule has 0 fully saturated rings. The second-order valence-corrected chi connectivity index (χ2v) is 2.79. The molecule has 0 aliphatic rings. The van der Waals surface area contributed by atoms with E-state index in [0.717, 1.165) is 0 Å². The fourth-order valence-electron chi connectivity index (χ4n) is 1.17. The van der Waals surface area contributed by atoms with Gasteiger partial charge in [0.1, 0.15) is 0 Å². The van der Waals surface area contributed by atoms with Gasteiger partial charge in [0.05, 0.1) is 14.2 Å². The summed E-state index contributed by atoms with van der Waals surface area (Å²) in [6, 6.07) is 5.02. The van der Waals surface area contributed by atoms with Crippen molar-refractivity contribution in [3.05, 3.63) is 29.0 Å². The molecule has 0 aliphatic heterocycles. The molecule has 1 aromatic carbocycles. The van der Waals surface area contributed by atoms with E-state index in [1.165, 1.54) is 14.2 Å². The SMILES string of the molecule is COc1ccc(C[N+]([O-])=NO)cc1OC. The highest BCUT2D eigenvalue weighted by atomic mass is 16.6. The molecule has 0 heterocycles. The largest absolute Gasteiger partial charge is 0.597 e. The van der Waals surface area contributed by atoms with Crippen molar-refractivity contribution in [2.24, 2.45) is 5.28 Å². The standard InChI is InChI=1S/C9H12N2O4/c1-14-8-4-3-7(5-9(8)15-2)6-11(13)10-12/h3-5,12H,6H2,1-2H3. The van der Waals surface area contributed by atoms with Crippen molar-refractivity contribution in [3.8, 4) is 11.5 Å². The third-order valence-electron chi connectivity index (χ3n) is 1.87. The van der Waals surface area contributed by atoms with Gasteiger partial charge >= 0.3 is 0 Å². The van der Waals surface area contributed by atoms with E-state index in [2.05, 4.69) is 5.28 Å². The molecule has 1 N–H and O–H groups in total. The topological polar surface area (TPSA) is 77.1 Å². The maximum atomic E-state index is 10.8. The first-order chi connectivity index (χ1) is 7.21. The van der Waals surface area contributed by atoms with Crippen molar-refractivity contribution in [2.75, 3.05) is 14.2 Å². The van der Waals surface area contributed by atoms with E-state index < -0.39 is 0 Å². The lowest BCUT2D eigenvalue weighted by molar-refractivity contribution is -0.570. The fourth-order valence-corrected chi connectivity index (χ4v) is 1.17. The van der Waals surface area contributed by atoms with E-state index in [1.54, 1.807) is 18.2 Å². The van der Waals surface area contributed by atoms with E-state index >= 15 is 0 Å². The minimum Gasteiger partial charge on any atom is -0.597 e. The van der Waals surface area contributed by atoms with E-state index in [0.29, 0.717) is 17.1 Å². The maximum absolute atomic E-state index is 10.8. The zero-order valence-electron chi connectivity index (χ0n) is 8.51. The average Bonchev–Trinajstić information content (AvgIpc) is 2.28. The molecule has 0 aliphatic carbocycles. The Balaban J connectivity index is 2.93. The molecule has 15 heavy (non-hydrogen) atoms. The number of benzene rings is 1. The summed E-state index contributed by atoms with van der Waals surface area (Å²) >= 11 is 0. The molecule has 0 aromatic heterocycles. The van der Waals surface area contributed by atoms with Crippen molar-refractivity contribution in [3.63, 3.8) is 0 Å². The third kappa shape index (κ3) is 2.73. The van der Waals surface area contributed by atoms with Crippen LogP contribution in [-0.4, -0.2) is 24.3 Å². The molecule has 6 heteroatoms. The van der Waals surface area contributed by atoms with Crippen LogP contribution in [0.2, 0.25) is 0 Å². The van der Waals surface area contributed by atoms with Gasteiger partial charge in [-0.25, -0.2) is 0 Å². The predicted octanol–water partition coefficient (Wildman–Crippen LogP) is 1.56. The second kappa shape index (κ2) is 5.04. The Labute approximate surface area is 86.9 Å². The highest BCUT2D eigenvalue weighted by Gasteiger charge is 2.07. The number of rotatable bonds is 4. The molecule has 1 rings (SSSR count). The summed E-state index contributed by atoms with van der Waals surface area (Å²) in [6.07, 6.45) is 0. The van der Waals surface area contributed by atoms with Crippen LogP contribution in [0, 0.1) is 5.21 Å². The summed E-state index contributed by atoms with van der Waals surface area (Å²) in [5, 5.41) is 21.5. The summed E-state index contributed by atoms with van der Waals surface area (Å²) in [4.78, 5) is 0.168. The van der Waals surface area contributed by atoms with Crippen LogP contribution < -0.4 is 9.47 Å². The molecule has 0 saturated heterocycles. The Kier molecular flexibility index (Phi) is 3.73. The van der Waals surface area contributed by atoms with Crippen LogP contribution in [-0.2, 0) is 6.54 Å². The number of ether oxygens (including phenoxy) is 2. The van der Waals surface area contributed by atoms with Gasteiger partial charge in [-0.1, -0.05) is 4.86 Å². The molecule has 0 spiro atoms. The quantitative estimate of drug-likeness (QED) is 0.466. The van der Waals surface area contributed by atoms with Gasteiger partial charge in [0, 0.05) is 5.56 Å². The Morgan fingerprint density at radius 3 is 2.53 bits per heavy atom. The van der Waals surface area contributed by atoms with Crippen LogP contribution >= 0.6 is 0 Å². The van der Waals surface area contributed by atoms with Gasteiger partial charge in [0.15, 0.2) is 16.8 Å². The highest BCUT2D eigenvalue weighted by Crippen LogP contribution is 2.27. The monoisotopic (exact) mass is 212 g/mol. The van der Waals surface area contributed by atoms with Gasteiger partial charge in [-0.15, -0.1) is 0 Å². The van der Waals surface area contributed by atoms with E-state index in [9.17, 15) is 5.21 Å². The van der Waals surface area contributed by atoms with Crippen LogP contribution in [0.3, 0.4) is 0 Å². The first-order valence-electron chi connectivity index (χ1n) is 4.22. The smallest absolute Gasteiger partial charge is 0.209 e. The van der Waals surface area contributed by atoms with Crippen molar-refractivity contribution in [1.82, 2.24) is 0 Å². The summed E-state index contributed by atoms with van der Waals surface area (Å²) < 4.78 is 10.1. The lowest BCUT2D eigenvalue weighted by atomic mass is 10.2. The summed E-state index contributed by atoms with van der Waals surface area (Å²) in [7, 11) is 3.04. The van der Waals surface area contributed by atoms with Crippen LogP contribution in [0.15, 0.2) is 23.5 Å². The minimum absolute atomic E-state index is 0.0448. The van der Waals surface area contributed by atoms with E-state index in [-0.39, 0.29) is 11.4 Å². The van der Waals surface area contributed by atoms with Crippen molar-refractivity contribution in [1.29, 1.82) is 0 Å². The van der Waals surface area contributed by atoms with Gasteiger partial charge in [0.25, 0.3) is 0 Å². The molecule has 0 bridgehead atoms. The summed E-state index contributed by atoms with van der Waals surface area (Å²) in [6.45, 7) is -0.0448. The van der Waals surface area contributed by atoms with Crippen LogP contribution in [0.25, 0.3) is 0 Å². The van der Waals surface area contributed by atoms with E-state index in [4.69, 9.17) is 14.7 Å². The molecule has 82 valence electrons. The summed E-state index contributed by atoms with van der Waals surface area (Å²) in [5.74, 6) is 1.11. The van der Waals surface area contributed by atoms with Crippen molar-refractivity contribution >= 4 is 0 Å². The zero-order chi connectivity index (χ0) is 11.3. The van der Waals surface area contributed by atoms with Gasteiger partial charge in [-0.3, -0.25) is 0 Å².